The second kappa shape index (κ2) is 12.9. The molecule has 0 aliphatic carbocycles. The number of anilines is 1. The minimum Gasteiger partial charge on any atom is -0.383 e. The summed E-state index contributed by atoms with van der Waals surface area (Å²) in [6.07, 6.45) is 4.63. The van der Waals surface area contributed by atoms with Crippen LogP contribution in [0.2, 0.25) is 0 Å². The summed E-state index contributed by atoms with van der Waals surface area (Å²) in [6.45, 7) is 5.73. The molecule has 0 saturated carbocycles. The Morgan fingerprint density at radius 2 is 2.04 bits per heavy atom. The Morgan fingerprint density at radius 3 is 2.67 bits per heavy atom. The highest BCUT2D eigenvalue weighted by Crippen LogP contribution is 2.14. The van der Waals surface area contributed by atoms with Crippen LogP contribution in [0.25, 0.3) is 0 Å². The van der Waals surface area contributed by atoms with E-state index in [-0.39, 0.29) is 29.7 Å². The first kappa shape index (κ1) is 22.7. The molecule has 1 heterocycles. The topological polar surface area (TPSA) is 109 Å². The molecule has 2 aromatic rings. The van der Waals surface area contributed by atoms with Crippen molar-refractivity contribution < 1.29 is 4.92 Å². The van der Waals surface area contributed by atoms with Crippen LogP contribution in [0, 0.1) is 10.1 Å². The van der Waals surface area contributed by atoms with Gasteiger partial charge in [-0.2, -0.15) is 5.10 Å². The average Bonchev–Trinajstić information content (AvgIpc) is 3.16. The average molecular weight is 487 g/mol. The van der Waals surface area contributed by atoms with E-state index in [1.807, 2.05) is 23.9 Å². The number of nitro benzene ring substituents is 1. The van der Waals surface area contributed by atoms with E-state index in [9.17, 15) is 10.1 Å². The second-order valence-electron chi connectivity index (χ2n) is 5.54. The molecule has 10 heteroatoms. The van der Waals surface area contributed by atoms with Crippen LogP contribution in [-0.4, -0.2) is 46.8 Å². The van der Waals surface area contributed by atoms with E-state index in [2.05, 4.69) is 26.0 Å². The number of aryl methyl sites for hydroxylation is 1. The number of rotatable bonds is 10. The van der Waals surface area contributed by atoms with Crippen molar-refractivity contribution >= 4 is 41.3 Å². The summed E-state index contributed by atoms with van der Waals surface area (Å²) >= 11 is 0. The van der Waals surface area contributed by atoms with E-state index in [0.717, 1.165) is 31.2 Å². The van der Waals surface area contributed by atoms with Crippen molar-refractivity contribution in [1.82, 2.24) is 20.4 Å². The normalized spacial score (nSPS) is 10.8. The lowest BCUT2D eigenvalue weighted by atomic mass is 10.3. The van der Waals surface area contributed by atoms with Gasteiger partial charge in [0.2, 0.25) is 0 Å². The monoisotopic (exact) mass is 487 g/mol. The molecule has 0 saturated heterocycles. The fraction of sp³-hybridized carbons (Fsp3) is 0.412. The number of hydrogen-bond donors (Lipinski definition) is 3. The van der Waals surface area contributed by atoms with Gasteiger partial charge < -0.3 is 16.0 Å². The second-order valence-corrected chi connectivity index (χ2v) is 5.54. The van der Waals surface area contributed by atoms with Gasteiger partial charge in [-0.15, -0.1) is 24.0 Å². The number of nitrogens with one attached hydrogen (secondary N) is 3. The van der Waals surface area contributed by atoms with Crippen LogP contribution in [0.5, 0.6) is 0 Å². The molecule has 1 aromatic carbocycles. The van der Waals surface area contributed by atoms with Gasteiger partial charge in [0.1, 0.15) is 0 Å². The van der Waals surface area contributed by atoms with Crippen LogP contribution < -0.4 is 16.0 Å². The summed E-state index contributed by atoms with van der Waals surface area (Å²) < 4.78 is 1.89. The zero-order valence-corrected chi connectivity index (χ0v) is 17.6. The van der Waals surface area contributed by atoms with E-state index in [1.165, 1.54) is 12.1 Å². The van der Waals surface area contributed by atoms with Crippen molar-refractivity contribution in [1.29, 1.82) is 0 Å². The largest absolute Gasteiger partial charge is 0.383 e. The summed E-state index contributed by atoms with van der Waals surface area (Å²) in [4.78, 5) is 14.8. The van der Waals surface area contributed by atoms with Crippen molar-refractivity contribution in [3.05, 3.63) is 52.8 Å². The summed E-state index contributed by atoms with van der Waals surface area (Å²) in [5, 5.41) is 24.5. The number of guanidine groups is 1. The minimum atomic E-state index is -0.406. The van der Waals surface area contributed by atoms with E-state index >= 15 is 0 Å². The smallest absolute Gasteiger partial charge is 0.269 e. The molecule has 0 unspecified atom stereocenters. The first-order valence-corrected chi connectivity index (χ1v) is 8.67. The Morgan fingerprint density at radius 1 is 1.26 bits per heavy atom. The van der Waals surface area contributed by atoms with Gasteiger partial charge in [-0.1, -0.05) is 0 Å². The van der Waals surface area contributed by atoms with Crippen molar-refractivity contribution in [2.75, 3.05) is 31.5 Å². The Hall–Kier alpha value is -2.37. The highest BCUT2D eigenvalue weighted by Gasteiger charge is 2.03. The Balaban J connectivity index is 0.00000364. The highest BCUT2D eigenvalue weighted by atomic mass is 127. The number of nitro groups is 1. The number of halogens is 1. The lowest BCUT2D eigenvalue weighted by molar-refractivity contribution is -0.384. The van der Waals surface area contributed by atoms with Gasteiger partial charge in [0.25, 0.3) is 5.69 Å². The molecule has 0 bridgehead atoms. The molecule has 0 spiro atoms. The molecule has 0 amide bonds. The Kier molecular flexibility index (Phi) is 10.8. The first-order chi connectivity index (χ1) is 12.7. The van der Waals surface area contributed by atoms with Gasteiger partial charge in [0.05, 0.1) is 4.92 Å². The number of aliphatic imine (C=N–C) groups is 1. The Bertz CT molecular complexity index is 690. The summed E-state index contributed by atoms with van der Waals surface area (Å²) in [7, 11) is 0. The zero-order chi connectivity index (χ0) is 18.6. The molecule has 148 valence electrons. The molecule has 3 N–H and O–H groups in total. The van der Waals surface area contributed by atoms with Gasteiger partial charge in [-0.25, -0.2) is 0 Å². The number of non-ortho nitro benzene ring substituents is 1. The maximum Gasteiger partial charge on any atom is 0.269 e. The third-order valence-corrected chi connectivity index (χ3v) is 3.54. The maximum atomic E-state index is 10.6. The van der Waals surface area contributed by atoms with Crippen molar-refractivity contribution in [3.63, 3.8) is 0 Å². The SMILES string of the molecule is CCNC(=NCCCn1cccn1)NCCNc1ccc([N+](=O)[O-])cc1.I. The highest BCUT2D eigenvalue weighted by molar-refractivity contribution is 14.0. The van der Waals surface area contributed by atoms with Crippen LogP contribution in [-0.2, 0) is 6.54 Å². The lowest BCUT2D eigenvalue weighted by Crippen LogP contribution is -2.39. The van der Waals surface area contributed by atoms with Crippen LogP contribution >= 0.6 is 24.0 Å². The quantitative estimate of drug-likeness (QED) is 0.119. The van der Waals surface area contributed by atoms with Gasteiger partial charge in [-0.05, 0) is 31.5 Å². The van der Waals surface area contributed by atoms with Crippen LogP contribution in [0.3, 0.4) is 0 Å². The van der Waals surface area contributed by atoms with Crippen molar-refractivity contribution in [2.45, 2.75) is 19.9 Å². The van der Waals surface area contributed by atoms with Crippen molar-refractivity contribution in [2.24, 2.45) is 4.99 Å². The van der Waals surface area contributed by atoms with Crippen molar-refractivity contribution in [3.8, 4) is 0 Å². The van der Waals surface area contributed by atoms with Gasteiger partial charge in [0, 0.05) is 62.9 Å². The molecule has 27 heavy (non-hydrogen) atoms. The number of hydrogen-bond acceptors (Lipinski definition) is 5. The predicted octanol–water partition coefficient (Wildman–Crippen LogP) is 2.47. The molecular weight excluding hydrogens is 461 g/mol. The minimum absolute atomic E-state index is 0. The summed E-state index contributed by atoms with van der Waals surface area (Å²) in [6, 6.07) is 8.29. The first-order valence-electron chi connectivity index (χ1n) is 8.67. The summed E-state index contributed by atoms with van der Waals surface area (Å²) in [5.74, 6) is 0.776. The fourth-order valence-corrected chi connectivity index (χ4v) is 2.29. The van der Waals surface area contributed by atoms with Gasteiger partial charge >= 0.3 is 0 Å². The van der Waals surface area contributed by atoms with E-state index in [1.54, 1.807) is 18.3 Å². The molecule has 0 fully saturated rings. The standard InChI is InChI=1S/C17H25N7O2.HI/c1-2-18-17(20-9-3-13-23-14-4-10-22-23)21-12-11-19-15-5-7-16(8-6-15)24(25)26;/h4-8,10,14,19H,2-3,9,11-13H2,1H3,(H2,18,20,21);1H. The van der Waals surface area contributed by atoms with Gasteiger partial charge in [0.15, 0.2) is 5.96 Å². The number of nitrogens with zero attached hydrogens (tertiary/aromatic N) is 4. The van der Waals surface area contributed by atoms with Crippen LogP contribution in [0.15, 0.2) is 47.7 Å². The predicted molar refractivity (Wildman–Crippen MR) is 118 cm³/mol. The molecule has 2 rings (SSSR count). The third kappa shape index (κ3) is 8.71. The fourth-order valence-electron chi connectivity index (χ4n) is 2.29. The third-order valence-electron chi connectivity index (χ3n) is 3.54. The Labute approximate surface area is 175 Å². The summed E-state index contributed by atoms with van der Waals surface area (Å²) in [5.41, 5.74) is 0.934. The van der Waals surface area contributed by atoms with E-state index < -0.39 is 4.92 Å². The molecular formula is C17H26IN7O2. The van der Waals surface area contributed by atoms with E-state index in [4.69, 9.17) is 0 Å². The van der Waals surface area contributed by atoms with Crippen LogP contribution in [0.4, 0.5) is 11.4 Å². The lowest BCUT2D eigenvalue weighted by Gasteiger charge is -2.12. The maximum absolute atomic E-state index is 10.6. The molecule has 1 aromatic heterocycles. The number of aromatic nitrogens is 2. The zero-order valence-electron chi connectivity index (χ0n) is 15.3. The molecule has 9 nitrogen and oxygen atoms in total. The van der Waals surface area contributed by atoms with Crippen LogP contribution in [0.1, 0.15) is 13.3 Å². The molecule has 0 aliphatic rings. The molecule has 0 radical (unpaired) electrons. The molecule has 0 atom stereocenters. The number of benzene rings is 1. The molecule has 0 aliphatic heterocycles. The van der Waals surface area contributed by atoms with Gasteiger partial charge in [-0.3, -0.25) is 19.8 Å². The van der Waals surface area contributed by atoms with E-state index in [0.29, 0.717) is 19.6 Å².